The highest BCUT2D eigenvalue weighted by Crippen LogP contribution is 2.19. The van der Waals surface area contributed by atoms with Crippen molar-refractivity contribution < 1.29 is 9.47 Å². The van der Waals surface area contributed by atoms with Gasteiger partial charge in [0.1, 0.15) is 18.2 Å². The van der Waals surface area contributed by atoms with Gasteiger partial charge in [-0.1, -0.05) is 12.1 Å². The second-order valence-electron chi connectivity index (χ2n) is 6.12. The number of nitrogens with one attached hydrogen (secondary N) is 1. The summed E-state index contributed by atoms with van der Waals surface area (Å²) in [5.74, 6) is 1.81. The van der Waals surface area contributed by atoms with Gasteiger partial charge in [0, 0.05) is 36.8 Å². The lowest BCUT2D eigenvalue weighted by atomic mass is 10.2. The fourth-order valence-electron chi connectivity index (χ4n) is 2.77. The minimum Gasteiger partial charge on any atom is -0.492 e. The van der Waals surface area contributed by atoms with E-state index in [0.717, 1.165) is 61.0 Å². The third-order valence-corrected chi connectivity index (χ3v) is 4.62. The number of hydrogen-bond donors (Lipinski definition) is 1. The summed E-state index contributed by atoms with van der Waals surface area (Å²) < 4.78 is 12.3. The summed E-state index contributed by atoms with van der Waals surface area (Å²) in [6.07, 6.45) is 1.81. The van der Waals surface area contributed by atoms with Crippen LogP contribution in [0.3, 0.4) is 0 Å². The van der Waals surface area contributed by atoms with Crippen molar-refractivity contribution in [3.63, 3.8) is 0 Å². The van der Waals surface area contributed by atoms with Crippen LogP contribution in [0.25, 0.3) is 0 Å². The minimum absolute atomic E-state index is 0.699. The van der Waals surface area contributed by atoms with Crippen molar-refractivity contribution in [1.29, 1.82) is 0 Å². The van der Waals surface area contributed by atoms with Crippen molar-refractivity contribution in [3.05, 3.63) is 52.1 Å². The van der Waals surface area contributed by atoms with Gasteiger partial charge in [-0.3, -0.25) is 4.90 Å². The van der Waals surface area contributed by atoms with Gasteiger partial charge in [0.15, 0.2) is 0 Å². The van der Waals surface area contributed by atoms with Crippen LogP contribution in [0.4, 0.5) is 5.82 Å². The molecule has 0 atom stereocenters. The van der Waals surface area contributed by atoms with Crippen LogP contribution >= 0.6 is 15.9 Å². The van der Waals surface area contributed by atoms with Crippen LogP contribution in [-0.2, 0) is 11.3 Å². The molecule has 0 spiro atoms. The molecule has 0 saturated carbocycles. The van der Waals surface area contributed by atoms with E-state index in [1.54, 1.807) is 6.20 Å². The lowest BCUT2D eigenvalue weighted by molar-refractivity contribution is 0.0322. The molecule has 1 aliphatic heterocycles. The first-order chi connectivity index (χ1) is 12.2. The number of aromatic nitrogens is 1. The van der Waals surface area contributed by atoms with Gasteiger partial charge in [-0.05, 0) is 52.2 Å². The summed E-state index contributed by atoms with van der Waals surface area (Å²) in [5.41, 5.74) is 2.29. The summed E-state index contributed by atoms with van der Waals surface area (Å²) in [6, 6.07) is 10.3. The van der Waals surface area contributed by atoms with Crippen molar-refractivity contribution in [1.82, 2.24) is 9.88 Å². The maximum atomic E-state index is 5.91. The van der Waals surface area contributed by atoms with E-state index in [0.29, 0.717) is 6.61 Å². The summed E-state index contributed by atoms with van der Waals surface area (Å²) in [7, 11) is 0. The van der Waals surface area contributed by atoms with Gasteiger partial charge in [0.2, 0.25) is 0 Å². The average Bonchev–Trinajstić information content (AvgIpc) is 2.62. The van der Waals surface area contributed by atoms with E-state index < -0.39 is 0 Å². The number of halogens is 1. The van der Waals surface area contributed by atoms with Crippen molar-refractivity contribution in [2.75, 3.05) is 44.8 Å². The van der Waals surface area contributed by atoms with Crippen LogP contribution in [0.15, 0.2) is 41.0 Å². The highest BCUT2D eigenvalue weighted by Gasteiger charge is 2.09. The van der Waals surface area contributed by atoms with Gasteiger partial charge < -0.3 is 14.8 Å². The second-order valence-corrected chi connectivity index (χ2v) is 7.04. The van der Waals surface area contributed by atoms with Gasteiger partial charge in [-0.2, -0.15) is 0 Å². The van der Waals surface area contributed by atoms with Crippen molar-refractivity contribution in [3.8, 4) is 5.75 Å². The molecule has 0 amide bonds. The quantitative estimate of drug-likeness (QED) is 0.763. The molecule has 3 rings (SSSR count). The SMILES string of the molecule is Cc1cc(Br)cnc1NCc1cccc(OCCN2CCOCC2)c1. The lowest BCUT2D eigenvalue weighted by Crippen LogP contribution is -2.38. The van der Waals surface area contributed by atoms with Crippen LogP contribution in [-0.4, -0.2) is 49.3 Å². The number of pyridine rings is 1. The van der Waals surface area contributed by atoms with Crippen LogP contribution in [0.1, 0.15) is 11.1 Å². The molecule has 1 aromatic carbocycles. The van der Waals surface area contributed by atoms with E-state index in [1.807, 2.05) is 19.1 Å². The largest absolute Gasteiger partial charge is 0.492 e. The van der Waals surface area contributed by atoms with Crippen molar-refractivity contribution in [2.45, 2.75) is 13.5 Å². The monoisotopic (exact) mass is 405 g/mol. The Hall–Kier alpha value is -1.63. The number of anilines is 1. The molecular formula is C19H24BrN3O2. The second kappa shape index (κ2) is 9.17. The Labute approximate surface area is 157 Å². The number of benzene rings is 1. The third kappa shape index (κ3) is 5.70. The molecule has 0 aliphatic carbocycles. The Morgan fingerprint density at radius 2 is 2.12 bits per heavy atom. The molecule has 0 bridgehead atoms. The standard InChI is InChI=1S/C19H24BrN3O2/c1-15-11-17(20)14-22-19(15)21-13-16-3-2-4-18(12-16)25-10-7-23-5-8-24-9-6-23/h2-4,11-12,14H,5-10,13H2,1H3,(H,21,22). The molecule has 6 heteroatoms. The average molecular weight is 406 g/mol. The third-order valence-electron chi connectivity index (χ3n) is 4.18. The number of morpholine rings is 1. The zero-order chi connectivity index (χ0) is 17.5. The van der Waals surface area contributed by atoms with E-state index in [9.17, 15) is 0 Å². The molecule has 25 heavy (non-hydrogen) atoms. The fraction of sp³-hybridized carbons (Fsp3) is 0.421. The highest BCUT2D eigenvalue weighted by atomic mass is 79.9. The first-order valence-corrected chi connectivity index (χ1v) is 9.38. The normalized spacial score (nSPS) is 15.1. The minimum atomic E-state index is 0.699. The number of nitrogens with zero attached hydrogens (tertiary/aromatic N) is 2. The number of ether oxygens (including phenoxy) is 2. The summed E-state index contributed by atoms with van der Waals surface area (Å²) in [6.45, 7) is 8.04. The Balaban J connectivity index is 1.48. The van der Waals surface area contributed by atoms with Crippen LogP contribution in [0.5, 0.6) is 5.75 Å². The maximum Gasteiger partial charge on any atom is 0.129 e. The molecular weight excluding hydrogens is 382 g/mol. The maximum absolute atomic E-state index is 5.91. The van der Waals surface area contributed by atoms with Gasteiger partial charge in [0.25, 0.3) is 0 Å². The first kappa shape index (κ1) is 18.2. The van der Waals surface area contributed by atoms with E-state index >= 15 is 0 Å². The van der Waals surface area contributed by atoms with Gasteiger partial charge in [-0.15, -0.1) is 0 Å². The van der Waals surface area contributed by atoms with Crippen LogP contribution in [0, 0.1) is 6.92 Å². The number of hydrogen-bond acceptors (Lipinski definition) is 5. The number of aryl methyl sites for hydroxylation is 1. The van der Waals surface area contributed by atoms with Crippen LogP contribution in [0.2, 0.25) is 0 Å². The molecule has 0 radical (unpaired) electrons. The zero-order valence-corrected chi connectivity index (χ0v) is 16.1. The predicted octanol–water partition coefficient (Wildman–Crippen LogP) is 3.48. The number of rotatable bonds is 7. The lowest BCUT2D eigenvalue weighted by Gasteiger charge is -2.26. The summed E-state index contributed by atoms with van der Waals surface area (Å²) >= 11 is 3.44. The fourth-order valence-corrected chi connectivity index (χ4v) is 3.22. The van der Waals surface area contributed by atoms with Crippen LogP contribution < -0.4 is 10.1 Å². The van der Waals surface area contributed by atoms with Crippen molar-refractivity contribution >= 4 is 21.7 Å². The molecule has 1 fully saturated rings. The molecule has 5 nitrogen and oxygen atoms in total. The summed E-state index contributed by atoms with van der Waals surface area (Å²) in [4.78, 5) is 6.78. The van der Waals surface area contributed by atoms with E-state index in [4.69, 9.17) is 9.47 Å². The van der Waals surface area contributed by atoms with Gasteiger partial charge >= 0.3 is 0 Å². The Kier molecular flexibility index (Phi) is 6.67. The Morgan fingerprint density at radius 3 is 2.92 bits per heavy atom. The van der Waals surface area contributed by atoms with Gasteiger partial charge in [0.05, 0.1) is 13.2 Å². The Morgan fingerprint density at radius 1 is 1.28 bits per heavy atom. The predicted molar refractivity (Wildman–Crippen MR) is 103 cm³/mol. The van der Waals surface area contributed by atoms with Crippen molar-refractivity contribution in [2.24, 2.45) is 0 Å². The molecule has 2 heterocycles. The topological polar surface area (TPSA) is 46.6 Å². The zero-order valence-electron chi connectivity index (χ0n) is 14.5. The Bertz CT molecular complexity index is 690. The van der Waals surface area contributed by atoms with Gasteiger partial charge in [-0.25, -0.2) is 4.98 Å². The summed E-state index contributed by atoms with van der Waals surface area (Å²) in [5, 5.41) is 3.38. The molecule has 2 aromatic rings. The first-order valence-electron chi connectivity index (χ1n) is 8.58. The molecule has 1 saturated heterocycles. The molecule has 0 unspecified atom stereocenters. The molecule has 1 aromatic heterocycles. The van der Waals surface area contributed by atoms with E-state index in [1.165, 1.54) is 5.56 Å². The van der Waals surface area contributed by atoms with E-state index in [-0.39, 0.29) is 0 Å². The smallest absolute Gasteiger partial charge is 0.129 e. The molecule has 134 valence electrons. The molecule has 1 N–H and O–H groups in total. The van der Waals surface area contributed by atoms with E-state index in [2.05, 4.69) is 49.3 Å². The molecule has 1 aliphatic rings. The highest BCUT2D eigenvalue weighted by molar-refractivity contribution is 9.10.